The number of aliphatic imine (C=N–C) groups is 1. The van der Waals surface area contributed by atoms with Crippen LogP contribution in [0.25, 0.3) is 0 Å². The number of halogens is 10. The van der Waals surface area contributed by atoms with Crippen molar-refractivity contribution in [3.05, 3.63) is 129 Å². The summed E-state index contributed by atoms with van der Waals surface area (Å²) in [5.74, 6) is -25.6. The molecule has 3 nitrogen and oxygen atoms in total. The molecule has 0 fully saturated rings. The van der Waals surface area contributed by atoms with Crippen molar-refractivity contribution in [1.29, 1.82) is 0 Å². The molecule has 4 aromatic rings. The van der Waals surface area contributed by atoms with Gasteiger partial charge in [-0.25, -0.2) is 0 Å². The van der Waals surface area contributed by atoms with E-state index in [0.29, 0.717) is 28.2 Å². The summed E-state index contributed by atoms with van der Waals surface area (Å²) in [4.78, 5) is 4.94. The van der Waals surface area contributed by atoms with Gasteiger partial charge < -0.3 is 0 Å². The predicted molar refractivity (Wildman–Crippen MR) is 199 cm³/mol. The molecule has 2 radical (unpaired) electrons. The molecule has 0 bridgehead atoms. The fourth-order valence-corrected chi connectivity index (χ4v) is 9.06. The van der Waals surface area contributed by atoms with Crippen molar-refractivity contribution in [1.82, 2.24) is 0 Å². The first-order valence-corrected chi connectivity index (χ1v) is 19.4. The number of para-hydroxylation sites is 2. The molecule has 0 aliphatic carbocycles. The Morgan fingerprint density at radius 1 is 0.491 bits per heavy atom. The van der Waals surface area contributed by atoms with E-state index in [2.05, 4.69) is 0 Å². The minimum atomic E-state index is -2.97. The van der Waals surface area contributed by atoms with E-state index in [0.717, 1.165) is 11.1 Å². The van der Waals surface area contributed by atoms with Crippen LogP contribution in [-0.2, 0) is 0 Å². The Balaban J connectivity index is 2.16. The van der Waals surface area contributed by atoms with Crippen LogP contribution in [0.3, 0.4) is 0 Å². The molecule has 0 amide bonds. The maximum atomic E-state index is 15.7. The number of nitrogens with zero attached hydrogens (tertiary/aromatic N) is 3. The first-order chi connectivity index (χ1) is 25.6. The van der Waals surface area contributed by atoms with Crippen LogP contribution in [-0.4, -0.2) is 21.6 Å². The second-order valence-corrected chi connectivity index (χ2v) is 16.6. The second-order valence-electron chi connectivity index (χ2n) is 14.3. The number of hydrogen-bond donors (Lipinski definition) is 0. The fraction of sp³-hybridized carbons (Fsp3) is 0.341. The third-order valence-electron chi connectivity index (χ3n) is 8.99. The molecule has 0 spiro atoms. The van der Waals surface area contributed by atoms with Gasteiger partial charge in [0.25, 0.3) is 0 Å². The molecule has 4 rings (SSSR count). The van der Waals surface area contributed by atoms with E-state index in [9.17, 15) is 26.3 Å². The molecular formula is C41H41F10GeN3. The fourth-order valence-electron chi connectivity index (χ4n) is 6.18. The van der Waals surface area contributed by atoms with E-state index in [1.807, 2.05) is 73.6 Å². The number of benzene rings is 4. The molecule has 0 saturated carbocycles. The summed E-state index contributed by atoms with van der Waals surface area (Å²) in [7, 11) is 0. The van der Waals surface area contributed by atoms with E-state index in [-0.39, 0.29) is 33.2 Å². The molecule has 4 aromatic carbocycles. The SMILES string of the molecule is CC(/C=C(\C)[N]([Ge][N](c1c(F)c(F)c(F)c(F)c1F)c1c(F)c(F)c(F)c(F)c1F)c1c(C(C)C)cccc1C(C)C)=Nc1c(C(C)C)cccc1C(C)C. The third kappa shape index (κ3) is 8.46. The Labute approximate surface area is 321 Å². The first kappa shape index (κ1) is 43.5. The van der Waals surface area contributed by atoms with Gasteiger partial charge in [0.2, 0.25) is 0 Å². The van der Waals surface area contributed by atoms with Gasteiger partial charge in [0.05, 0.1) is 0 Å². The van der Waals surface area contributed by atoms with Crippen molar-refractivity contribution >= 4 is 44.3 Å². The molecule has 0 heterocycles. The molecule has 0 aliphatic heterocycles. The molecule has 0 saturated heterocycles. The van der Waals surface area contributed by atoms with Crippen LogP contribution < -0.4 is 7.71 Å². The van der Waals surface area contributed by atoms with E-state index in [4.69, 9.17) is 4.99 Å². The van der Waals surface area contributed by atoms with Gasteiger partial charge in [-0.05, 0) is 0 Å². The monoisotopic (exact) mass is 839 g/mol. The van der Waals surface area contributed by atoms with E-state index >= 15 is 17.6 Å². The summed E-state index contributed by atoms with van der Waals surface area (Å²) in [5.41, 5.74) is 1.02. The Morgan fingerprint density at radius 2 is 0.800 bits per heavy atom. The van der Waals surface area contributed by atoms with Gasteiger partial charge in [0.1, 0.15) is 0 Å². The van der Waals surface area contributed by atoms with Gasteiger partial charge in [0, 0.05) is 0 Å². The van der Waals surface area contributed by atoms with Crippen LogP contribution in [0.5, 0.6) is 0 Å². The number of allylic oxidation sites excluding steroid dienone is 2. The number of anilines is 3. The maximum absolute atomic E-state index is 15.7. The van der Waals surface area contributed by atoms with Crippen molar-refractivity contribution in [2.75, 3.05) is 7.71 Å². The van der Waals surface area contributed by atoms with Gasteiger partial charge in [-0.3, -0.25) is 0 Å². The molecule has 0 N–H and O–H groups in total. The van der Waals surface area contributed by atoms with Crippen LogP contribution in [0.1, 0.15) is 115 Å². The van der Waals surface area contributed by atoms with Gasteiger partial charge in [-0.15, -0.1) is 0 Å². The summed E-state index contributed by atoms with van der Waals surface area (Å²) in [6.07, 6.45) is 1.57. The summed E-state index contributed by atoms with van der Waals surface area (Å²) in [6, 6.07) is 11.0. The van der Waals surface area contributed by atoms with Gasteiger partial charge in [-0.2, -0.15) is 0 Å². The molecule has 14 heteroatoms. The average molecular weight is 838 g/mol. The minimum absolute atomic E-state index is 0.00248. The second kappa shape index (κ2) is 17.3. The zero-order valence-electron chi connectivity index (χ0n) is 32.0. The van der Waals surface area contributed by atoms with Crippen LogP contribution in [0.4, 0.5) is 66.7 Å². The quantitative estimate of drug-likeness (QED) is 0.0465. The number of hydrogen-bond acceptors (Lipinski definition) is 3. The summed E-state index contributed by atoms with van der Waals surface area (Å²) < 4.78 is 152. The number of rotatable bonds is 12. The van der Waals surface area contributed by atoms with E-state index in [1.54, 1.807) is 31.2 Å². The molecular weight excluding hydrogens is 797 g/mol. The average Bonchev–Trinajstić information content (AvgIpc) is 3.12. The van der Waals surface area contributed by atoms with E-state index < -0.39 is 85.4 Å². The Kier molecular flexibility index (Phi) is 13.6. The predicted octanol–water partition coefficient (Wildman–Crippen LogP) is 13.4. The Hall–Kier alpha value is -4.27. The molecule has 0 unspecified atom stereocenters. The molecule has 55 heavy (non-hydrogen) atoms. The van der Waals surface area contributed by atoms with Crippen LogP contribution in [0.15, 0.2) is 53.2 Å². The summed E-state index contributed by atoms with van der Waals surface area (Å²) in [5, 5.41) is 0. The Bertz CT molecular complexity index is 1980. The molecule has 0 aromatic heterocycles. The zero-order chi connectivity index (χ0) is 41.4. The Morgan fingerprint density at radius 3 is 1.13 bits per heavy atom. The van der Waals surface area contributed by atoms with Crippen LogP contribution in [0, 0.1) is 58.2 Å². The summed E-state index contributed by atoms with van der Waals surface area (Å²) >= 11 is -2.97. The molecule has 0 aliphatic rings. The van der Waals surface area contributed by atoms with Crippen molar-refractivity contribution in [2.45, 2.75) is 92.9 Å². The topological polar surface area (TPSA) is 18.8 Å². The third-order valence-corrected chi connectivity index (χ3v) is 12.0. The van der Waals surface area contributed by atoms with E-state index in [1.165, 1.54) is 10.8 Å². The first-order valence-electron chi connectivity index (χ1n) is 17.5. The van der Waals surface area contributed by atoms with Crippen molar-refractivity contribution < 1.29 is 43.9 Å². The molecule has 294 valence electrons. The summed E-state index contributed by atoms with van der Waals surface area (Å²) in [6.45, 7) is 18.5. The van der Waals surface area contributed by atoms with Crippen molar-refractivity contribution in [3.8, 4) is 0 Å². The van der Waals surface area contributed by atoms with Crippen LogP contribution in [0.2, 0.25) is 0 Å². The normalized spacial score (nSPS) is 12.6. The van der Waals surface area contributed by atoms with Gasteiger partial charge in [-0.1, -0.05) is 0 Å². The van der Waals surface area contributed by atoms with Gasteiger partial charge >= 0.3 is 322 Å². The van der Waals surface area contributed by atoms with Crippen molar-refractivity contribution in [2.24, 2.45) is 4.99 Å². The van der Waals surface area contributed by atoms with Gasteiger partial charge in [0.15, 0.2) is 0 Å². The standard InChI is InChI=1S/C41H41F10GeN3/c1-18(2)24-13-11-14-25(19(3)4)38(24)53-22(9)17-23(10)54(39-26(20(5)6)15-12-16-27(39)21(7)8)52-55(40-34(48)30(44)28(42)31(45)35(40)49)41-36(50)32(46)29(43)33(47)37(41)51/h11-21H,1-10H3/b23-17+,53-22?. The van der Waals surface area contributed by atoms with Crippen LogP contribution >= 0.6 is 0 Å². The zero-order valence-corrected chi connectivity index (χ0v) is 34.1. The molecule has 0 atom stereocenters. The van der Waals surface area contributed by atoms with Crippen molar-refractivity contribution in [3.63, 3.8) is 0 Å².